The van der Waals surface area contributed by atoms with E-state index in [4.69, 9.17) is 4.98 Å². The molecule has 1 atom stereocenters. The first-order valence-electron chi connectivity index (χ1n) is 10.2. The number of H-pyrrole nitrogens is 1. The predicted octanol–water partition coefficient (Wildman–Crippen LogP) is 2.19. The van der Waals surface area contributed by atoms with Crippen molar-refractivity contribution in [2.45, 2.75) is 58.2 Å². The molecule has 4 rings (SSSR count). The van der Waals surface area contributed by atoms with E-state index in [2.05, 4.69) is 14.9 Å². The maximum atomic E-state index is 12.7. The molecule has 2 aromatic heterocycles. The lowest BCUT2D eigenvalue weighted by atomic mass is 9.99. The van der Waals surface area contributed by atoms with Crippen molar-refractivity contribution in [3.05, 3.63) is 57.5 Å². The number of fused-ring (bicyclic) bond motifs is 1. The summed E-state index contributed by atoms with van der Waals surface area (Å²) in [5, 5.41) is 0. The summed E-state index contributed by atoms with van der Waals surface area (Å²) in [6, 6.07) is 3.92. The number of hydrogen-bond donors (Lipinski definition) is 1. The predicted molar refractivity (Wildman–Crippen MR) is 106 cm³/mol. The van der Waals surface area contributed by atoms with Gasteiger partial charge in [0.2, 0.25) is 5.91 Å². The van der Waals surface area contributed by atoms with E-state index in [1.807, 2.05) is 24.0 Å². The molecule has 0 radical (unpaired) electrons. The van der Waals surface area contributed by atoms with E-state index in [0.29, 0.717) is 25.2 Å². The highest BCUT2D eigenvalue weighted by Gasteiger charge is 2.30. The highest BCUT2D eigenvalue weighted by atomic mass is 16.2. The van der Waals surface area contributed by atoms with Crippen LogP contribution in [-0.4, -0.2) is 43.7 Å². The highest BCUT2D eigenvalue weighted by Crippen LogP contribution is 2.29. The van der Waals surface area contributed by atoms with Crippen LogP contribution in [0.25, 0.3) is 0 Å². The molecule has 1 fully saturated rings. The molecule has 7 nitrogen and oxygen atoms in total. The van der Waals surface area contributed by atoms with Gasteiger partial charge >= 0.3 is 0 Å². The fourth-order valence-electron chi connectivity index (χ4n) is 4.27. The van der Waals surface area contributed by atoms with Crippen LogP contribution in [0.5, 0.6) is 0 Å². The lowest BCUT2D eigenvalue weighted by Gasteiger charge is -2.35. The van der Waals surface area contributed by atoms with E-state index in [9.17, 15) is 9.59 Å². The molecule has 28 heavy (non-hydrogen) atoms. The molecule has 148 valence electrons. The van der Waals surface area contributed by atoms with E-state index in [1.54, 1.807) is 12.4 Å². The Balaban J connectivity index is 1.59. The largest absolute Gasteiger partial charge is 0.333 e. The fourth-order valence-corrected chi connectivity index (χ4v) is 4.27. The Morgan fingerprint density at radius 1 is 1.25 bits per heavy atom. The van der Waals surface area contributed by atoms with Gasteiger partial charge in [-0.05, 0) is 43.4 Å². The summed E-state index contributed by atoms with van der Waals surface area (Å²) in [5.74, 6) is 0.778. The Labute approximate surface area is 164 Å². The number of pyridine rings is 1. The Bertz CT molecular complexity index is 895. The van der Waals surface area contributed by atoms with Crippen LogP contribution in [0.2, 0.25) is 0 Å². The van der Waals surface area contributed by atoms with Gasteiger partial charge in [-0.1, -0.05) is 6.92 Å². The van der Waals surface area contributed by atoms with Crippen molar-refractivity contribution in [2.75, 3.05) is 13.1 Å². The second-order valence-corrected chi connectivity index (χ2v) is 7.64. The van der Waals surface area contributed by atoms with Gasteiger partial charge in [-0.2, -0.15) is 0 Å². The maximum Gasteiger partial charge on any atom is 0.254 e. The minimum atomic E-state index is -0.116. The molecule has 0 aliphatic carbocycles. The standard InChI is InChI=1S/C21H27N5O2/c1-2-19(27)26-11-4-3-5-18(26)20-23-17-14-25(12-8-16(17)21(28)24-20)13-15-6-9-22-10-7-15/h6-7,9-10,18H,2-5,8,11-14H2,1H3,(H,23,24,28)/t18-/m1/s1. The molecule has 0 bridgehead atoms. The Kier molecular flexibility index (Phi) is 5.52. The maximum absolute atomic E-state index is 12.7. The minimum Gasteiger partial charge on any atom is -0.333 e. The summed E-state index contributed by atoms with van der Waals surface area (Å²) in [6.45, 7) is 4.93. The van der Waals surface area contributed by atoms with Crippen molar-refractivity contribution in [3.8, 4) is 0 Å². The van der Waals surface area contributed by atoms with Gasteiger partial charge in [0, 0.05) is 50.6 Å². The third kappa shape index (κ3) is 3.85. The van der Waals surface area contributed by atoms with Crippen molar-refractivity contribution in [2.24, 2.45) is 0 Å². The summed E-state index contributed by atoms with van der Waals surface area (Å²) in [7, 11) is 0. The number of nitrogens with one attached hydrogen (secondary N) is 1. The smallest absolute Gasteiger partial charge is 0.254 e. The van der Waals surface area contributed by atoms with Gasteiger partial charge in [-0.25, -0.2) is 4.98 Å². The van der Waals surface area contributed by atoms with Crippen LogP contribution >= 0.6 is 0 Å². The number of aromatic nitrogens is 3. The number of hydrogen-bond acceptors (Lipinski definition) is 5. The second kappa shape index (κ2) is 8.22. The van der Waals surface area contributed by atoms with Crippen LogP contribution in [0.4, 0.5) is 0 Å². The van der Waals surface area contributed by atoms with Crippen molar-refractivity contribution in [1.82, 2.24) is 24.8 Å². The third-order valence-corrected chi connectivity index (χ3v) is 5.77. The number of carbonyl (C=O) groups is 1. The highest BCUT2D eigenvalue weighted by molar-refractivity contribution is 5.76. The summed E-state index contributed by atoms with van der Waals surface area (Å²) in [4.78, 5) is 41.2. The second-order valence-electron chi connectivity index (χ2n) is 7.64. The zero-order chi connectivity index (χ0) is 19.5. The number of carbonyl (C=O) groups excluding carboxylic acids is 1. The van der Waals surface area contributed by atoms with E-state index in [1.165, 1.54) is 5.56 Å². The molecular formula is C21H27N5O2. The topological polar surface area (TPSA) is 82.2 Å². The van der Waals surface area contributed by atoms with Gasteiger partial charge in [0.25, 0.3) is 5.56 Å². The molecule has 1 saturated heterocycles. The van der Waals surface area contributed by atoms with E-state index < -0.39 is 0 Å². The van der Waals surface area contributed by atoms with Crippen LogP contribution in [0.1, 0.15) is 61.3 Å². The van der Waals surface area contributed by atoms with Gasteiger partial charge in [0.15, 0.2) is 0 Å². The average molecular weight is 381 g/mol. The van der Waals surface area contributed by atoms with Crippen molar-refractivity contribution in [3.63, 3.8) is 0 Å². The molecule has 1 amide bonds. The van der Waals surface area contributed by atoms with E-state index >= 15 is 0 Å². The molecule has 2 aliphatic rings. The quantitative estimate of drug-likeness (QED) is 0.878. The summed E-state index contributed by atoms with van der Waals surface area (Å²) >= 11 is 0. The Morgan fingerprint density at radius 3 is 2.86 bits per heavy atom. The minimum absolute atomic E-state index is 0.0435. The molecule has 0 unspecified atom stereocenters. The molecule has 1 N–H and O–H groups in total. The lowest BCUT2D eigenvalue weighted by Crippen LogP contribution is -2.41. The van der Waals surface area contributed by atoms with Gasteiger partial charge in [-0.15, -0.1) is 0 Å². The number of nitrogens with zero attached hydrogens (tertiary/aromatic N) is 4. The van der Waals surface area contributed by atoms with Crippen LogP contribution in [0.15, 0.2) is 29.3 Å². The molecule has 2 aliphatic heterocycles. The van der Waals surface area contributed by atoms with Crippen LogP contribution in [0.3, 0.4) is 0 Å². The molecular weight excluding hydrogens is 354 g/mol. The third-order valence-electron chi connectivity index (χ3n) is 5.77. The van der Waals surface area contributed by atoms with Crippen molar-refractivity contribution in [1.29, 1.82) is 0 Å². The first kappa shape index (κ1) is 18.8. The molecule has 7 heteroatoms. The van der Waals surface area contributed by atoms with Gasteiger partial charge < -0.3 is 9.88 Å². The van der Waals surface area contributed by atoms with Crippen LogP contribution in [-0.2, 0) is 24.3 Å². The van der Waals surface area contributed by atoms with Crippen molar-refractivity contribution >= 4 is 5.91 Å². The first-order chi connectivity index (χ1) is 13.7. The molecule has 2 aromatic rings. The van der Waals surface area contributed by atoms with Gasteiger partial charge in [0.1, 0.15) is 5.82 Å². The molecule has 0 spiro atoms. The van der Waals surface area contributed by atoms with Crippen LogP contribution < -0.4 is 5.56 Å². The van der Waals surface area contributed by atoms with E-state index in [0.717, 1.165) is 50.2 Å². The first-order valence-corrected chi connectivity index (χ1v) is 10.2. The van der Waals surface area contributed by atoms with Gasteiger partial charge in [0.05, 0.1) is 11.7 Å². The monoisotopic (exact) mass is 381 g/mol. The summed E-state index contributed by atoms with van der Waals surface area (Å²) < 4.78 is 0. The lowest BCUT2D eigenvalue weighted by molar-refractivity contribution is -0.134. The van der Waals surface area contributed by atoms with E-state index in [-0.39, 0.29) is 17.5 Å². The molecule has 0 aromatic carbocycles. The zero-order valence-electron chi connectivity index (χ0n) is 16.4. The Morgan fingerprint density at radius 2 is 2.07 bits per heavy atom. The molecule has 4 heterocycles. The average Bonchev–Trinajstić information content (AvgIpc) is 2.73. The summed E-state index contributed by atoms with van der Waals surface area (Å²) in [6.07, 6.45) is 7.70. The SMILES string of the molecule is CCC(=O)N1CCCC[C@@H]1c1nc2c(c(=O)[nH]1)CCN(Cc1ccncc1)C2. The fraction of sp³-hybridized carbons (Fsp3) is 0.524. The van der Waals surface area contributed by atoms with Crippen molar-refractivity contribution < 1.29 is 4.79 Å². The summed E-state index contributed by atoms with van der Waals surface area (Å²) in [5.41, 5.74) is 2.81. The zero-order valence-corrected chi connectivity index (χ0v) is 16.4. The van der Waals surface area contributed by atoms with Crippen LogP contribution in [0, 0.1) is 0 Å². The Hall–Kier alpha value is -2.54. The van der Waals surface area contributed by atoms with Gasteiger partial charge in [-0.3, -0.25) is 19.5 Å². The number of rotatable bonds is 4. The number of piperidine rings is 1. The number of amides is 1. The number of aromatic amines is 1. The number of likely N-dealkylation sites (tertiary alicyclic amines) is 1. The normalized spacial score (nSPS) is 20.0. The molecule has 0 saturated carbocycles.